The second kappa shape index (κ2) is 6.55. The minimum atomic E-state index is -0.708. The molecule has 3 nitrogen and oxygen atoms in total. The van der Waals surface area contributed by atoms with Crippen LogP contribution < -0.4 is 5.73 Å². The van der Waals surface area contributed by atoms with E-state index in [1.54, 1.807) is 0 Å². The van der Waals surface area contributed by atoms with Gasteiger partial charge in [0.2, 0.25) is 0 Å². The van der Waals surface area contributed by atoms with Gasteiger partial charge < -0.3 is 10.5 Å². The molecule has 0 aromatic heterocycles. The first kappa shape index (κ1) is 14.7. The van der Waals surface area contributed by atoms with Crippen LogP contribution in [0.25, 0.3) is 0 Å². The molecule has 0 aliphatic carbocycles. The largest absolute Gasteiger partial charge is 0.468 e. The molecule has 1 aromatic carbocycles. The lowest BCUT2D eigenvalue weighted by molar-refractivity contribution is -0.147. The Morgan fingerprint density at radius 2 is 1.94 bits per heavy atom. The summed E-state index contributed by atoms with van der Waals surface area (Å²) in [5.74, 6) is 0.293. The van der Waals surface area contributed by atoms with Gasteiger partial charge >= 0.3 is 5.97 Å². The van der Waals surface area contributed by atoms with Crippen LogP contribution in [0.15, 0.2) is 30.3 Å². The maximum atomic E-state index is 12.2. The molecule has 3 heteroatoms. The highest BCUT2D eigenvalue weighted by atomic mass is 16.5. The van der Waals surface area contributed by atoms with Crippen LogP contribution >= 0.6 is 0 Å². The molecule has 1 aromatic rings. The molecule has 0 amide bonds. The monoisotopic (exact) mass is 249 g/mol. The smallest absolute Gasteiger partial charge is 0.317 e. The molecule has 1 rings (SSSR count). The Bertz CT molecular complexity index is 375. The summed E-state index contributed by atoms with van der Waals surface area (Å²) in [6, 6.07) is 9.69. The van der Waals surface area contributed by atoms with Crippen molar-refractivity contribution in [2.75, 3.05) is 13.7 Å². The van der Waals surface area contributed by atoms with E-state index in [0.717, 1.165) is 18.4 Å². The zero-order valence-corrected chi connectivity index (χ0v) is 11.5. The molecular formula is C15H23NO2. The van der Waals surface area contributed by atoms with E-state index >= 15 is 0 Å². The maximum absolute atomic E-state index is 12.2. The molecule has 0 bridgehead atoms. The Morgan fingerprint density at radius 1 is 1.33 bits per heavy atom. The Hall–Kier alpha value is -1.35. The van der Waals surface area contributed by atoms with Crippen LogP contribution in [-0.2, 0) is 14.9 Å². The highest BCUT2D eigenvalue weighted by Gasteiger charge is 2.39. The van der Waals surface area contributed by atoms with Gasteiger partial charge in [-0.25, -0.2) is 0 Å². The standard InChI is InChI=1S/C15H23NO2/c1-12(2)9-10-15(11-16,14(17)18-3)13-7-5-4-6-8-13/h4-8,12H,9-11,16H2,1-3H3. The zero-order chi connectivity index (χ0) is 13.6. The van der Waals surface area contributed by atoms with Crippen LogP contribution in [0.4, 0.5) is 0 Å². The molecular weight excluding hydrogens is 226 g/mol. The maximum Gasteiger partial charge on any atom is 0.317 e. The Kier molecular flexibility index (Phi) is 5.35. The number of hydrogen-bond donors (Lipinski definition) is 1. The average molecular weight is 249 g/mol. The van der Waals surface area contributed by atoms with E-state index in [0.29, 0.717) is 5.92 Å². The Labute approximate surface area is 109 Å². The highest BCUT2D eigenvalue weighted by molar-refractivity contribution is 5.83. The first-order valence-electron chi connectivity index (χ1n) is 6.41. The van der Waals surface area contributed by atoms with E-state index in [1.807, 2.05) is 30.3 Å². The van der Waals surface area contributed by atoms with Gasteiger partial charge in [-0.2, -0.15) is 0 Å². The molecule has 1 atom stereocenters. The predicted molar refractivity (Wildman–Crippen MR) is 73.3 cm³/mol. The van der Waals surface area contributed by atoms with Gasteiger partial charge in [0.15, 0.2) is 0 Å². The molecule has 100 valence electrons. The lowest BCUT2D eigenvalue weighted by Gasteiger charge is -2.30. The van der Waals surface area contributed by atoms with Gasteiger partial charge in [-0.3, -0.25) is 4.79 Å². The van der Waals surface area contributed by atoms with Crippen LogP contribution in [0, 0.1) is 5.92 Å². The molecule has 0 saturated heterocycles. The molecule has 0 aliphatic heterocycles. The molecule has 2 N–H and O–H groups in total. The highest BCUT2D eigenvalue weighted by Crippen LogP contribution is 2.31. The second-order valence-electron chi connectivity index (χ2n) is 5.08. The van der Waals surface area contributed by atoms with Crippen LogP contribution in [0.3, 0.4) is 0 Å². The lowest BCUT2D eigenvalue weighted by Crippen LogP contribution is -2.44. The summed E-state index contributed by atoms with van der Waals surface area (Å²) in [7, 11) is 1.42. The number of esters is 1. The topological polar surface area (TPSA) is 52.3 Å². The van der Waals surface area contributed by atoms with Gasteiger partial charge in [0.1, 0.15) is 5.41 Å². The molecule has 0 aliphatic rings. The van der Waals surface area contributed by atoms with Gasteiger partial charge in [-0.05, 0) is 24.3 Å². The Morgan fingerprint density at radius 3 is 2.39 bits per heavy atom. The van der Waals surface area contributed by atoms with Gasteiger partial charge in [0, 0.05) is 6.54 Å². The summed E-state index contributed by atoms with van der Waals surface area (Å²) in [5.41, 5.74) is 6.14. The third-order valence-corrected chi connectivity index (χ3v) is 3.40. The molecule has 1 unspecified atom stereocenters. The number of hydrogen-bond acceptors (Lipinski definition) is 3. The van der Waals surface area contributed by atoms with Crippen molar-refractivity contribution >= 4 is 5.97 Å². The third-order valence-electron chi connectivity index (χ3n) is 3.40. The molecule has 0 radical (unpaired) electrons. The summed E-state index contributed by atoms with van der Waals surface area (Å²) in [6.07, 6.45) is 1.67. The van der Waals surface area contributed by atoms with Gasteiger partial charge in [-0.1, -0.05) is 44.2 Å². The minimum absolute atomic E-state index is 0.239. The summed E-state index contributed by atoms with van der Waals surface area (Å²) < 4.78 is 4.97. The van der Waals surface area contributed by atoms with Crippen LogP contribution in [0.2, 0.25) is 0 Å². The number of carbonyl (C=O) groups is 1. The summed E-state index contributed by atoms with van der Waals surface area (Å²) in [4.78, 5) is 12.2. The van der Waals surface area contributed by atoms with E-state index in [9.17, 15) is 4.79 Å². The quantitative estimate of drug-likeness (QED) is 0.788. The van der Waals surface area contributed by atoms with Crippen molar-refractivity contribution in [2.24, 2.45) is 11.7 Å². The fourth-order valence-electron chi connectivity index (χ4n) is 2.16. The van der Waals surface area contributed by atoms with E-state index in [-0.39, 0.29) is 12.5 Å². The van der Waals surface area contributed by atoms with Gasteiger partial charge in [-0.15, -0.1) is 0 Å². The summed E-state index contributed by atoms with van der Waals surface area (Å²) in [6.45, 7) is 4.56. The van der Waals surface area contributed by atoms with Gasteiger partial charge in [0.05, 0.1) is 7.11 Å². The van der Waals surface area contributed by atoms with Crippen LogP contribution in [0.5, 0.6) is 0 Å². The molecule has 0 fully saturated rings. The van der Waals surface area contributed by atoms with Crippen molar-refractivity contribution in [1.82, 2.24) is 0 Å². The lowest BCUT2D eigenvalue weighted by atomic mass is 9.75. The predicted octanol–water partition coefficient (Wildman–Crippen LogP) is 2.49. The van der Waals surface area contributed by atoms with Crippen LogP contribution in [-0.4, -0.2) is 19.6 Å². The van der Waals surface area contributed by atoms with Crippen molar-refractivity contribution in [1.29, 1.82) is 0 Å². The third kappa shape index (κ3) is 3.10. The second-order valence-corrected chi connectivity index (χ2v) is 5.08. The summed E-state index contributed by atoms with van der Waals surface area (Å²) >= 11 is 0. The Balaban J connectivity index is 3.10. The molecule has 0 saturated carbocycles. The van der Waals surface area contributed by atoms with Crippen molar-refractivity contribution in [3.8, 4) is 0 Å². The normalized spacial score (nSPS) is 14.3. The van der Waals surface area contributed by atoms with E-state index in [1.165, 1.54) is 7.11 Å². The molecule has 18 heavy (non-hydrogen) atoms. The first-order chi connectivity index (χ1) is 8.56. The number of carbonyl (C=O) groups excluding carboxylic acids is 1. The first-order valence-corrected chi connectivity index (χ1v) is 6.41. The number of benzene rings is 1. The van der Waals surface area contributed by atoms with Crippen molar-refractivity contribution in [3.63, 3.8) is 0 Å². The fraction of sp³-hybridized carbons (Fsp3) is 0.533. The molecule has 0 spiro atoms. The number of nitrogens with two attached hydrogens (primary N) is 1. The fourth-order valence-corrected chi connectivity index (χ4v) is 2.16. The van der Waals surface area contributed by atoms with Crippen molar-refractivity contribution < 1.29 is 9.53 Å². The average Bonchev–Trinajstić information content (AvgIpc) is 2.40. The molecule has 0 heterocycles. The van der Waals surface area contributed by atoms with E-state index in [2.05, 4.69) is 13.8 Å². The van der Waals surface area contributed by atoms with Crippen LogP contribution in [0.1, 0.15) is 32.3 Å². The van der Waals surface area contributed by atoms with Gasteiger partial charge in [0.25, 0.3) is 0 Å². The number of rotatable bonds is 6. The van der Waals surface area contributed by atoms with Crippen molar-refractivity contribution in [2.45, 2.75) is 32.1 Å². The minimum Gasteiger partial charge on any atom is -0.468 e. The SMILES string of the molecule is COC(=O)C(CN)(CCC(C)C)c1ccccc1. The zero-order valence-electron chi connectivity index (χ0n) is 11.5. The summed E-state index contributed by atoms with van der Waals surface area (Å²) in [5, 5.41) is 0. The number of ether oxygens (including phenoxy) is 1. The number of methoxy groups -OCH3 is 1. The van der Waals surface area contributed by atoms with E-state index in [4.69, 9.17) is 10.5 Å². The van der Waals surface area contributed by atoms with E-state index < -0.39 is 5.41 Å². The van der Waals surface area contributed by atoms with Crippen molar-refractivity contribution in [3.05, 3.63) is 35.9 Å².